The third-order valence-electron chi connectivity index (χ3n) is 5.32. The largest absolute Gasteiger partial charge is 0.376 e. The van der Waals surface area contributed by atoms with E-state index in [-0.39, 0.29) is 12.0 Å². The Morgan fingerprint density at radius 3 is 3.04 bits per heavy atom. The number of amides is 1. The van der Waals surface area contributed by atoms with Crippen LogP contribution in [-0.2, 0) is 20.7 Å². The number of aromatic nitrogens is 2. The summed E-state index contributed by atoms with van der Waals surface area (Å²) in [5.74, 6) is 1.19. The summed E-state index contributed by atoms with van der Waals surface area (Å²) >= 11 is 0. The summed E-state index contributed by atoms with van der Waals surface area (Å²) in [4.78, 5) is 19.2. The molecule has 3 heterocycles. The van der Waals surface area contributed by atoms with E-state index in [0.29, 0.717) is 12.6 Å². The quantitative estimate of drug-likeness (QED) is 0.792. The van der Waals surface area contributed by atoms with Gasteiger partial charge in [-0.3, -0.25) is 4.79 Å². The van der Waals surface area contributed by atoms with Crippen molar-refractivity contribution in [2.75, 3.05) is 26.3 Å². The maximum absolute atomic E-state index is 12.8. The maximum Gasteiger partial charge on any atom is 0.251 e. The van der Waals surface area contributed by atoms with Crippen LogP contribution >= 0.6 is 0 Å². The van der Waals surface area contributed by atoms with Crippen LogP contribution in [0.1, 0.15) is 57.8 Å². The van der Waals surface area contributed by atoms with Crippen molar-refractivity contribution in [2.45, 2.75) is 70.6 Å². The number of nitrogens with zero attached hydrogens (tertiary/aromatic N) is 3. The van der Waals surface area contributed by atoms with E-state index >= 15 is 0 Å². The molecule has 0 N–H and O–H groups in total. The molecule has 140 valence electrons. The molecule has 2 aliphatic heterocycles. The number of hydrogen-bond donors (Lipinski definition) is 0. The Morgan fingerprint density at radius 1 is 1.40 bits per heavy atom. The van der Waals surface area contributed by atoms with E-state index in [1.807, 2.05) is 24.2 Å². The van der Waals surface area contributed by atoms with Crippen molar-refractivity contribution in [2.24, 2.45) is 0 Å². The van der Waals surface area contributed by atoms with E-state index in [2.05, 4.69) is 16.5 Å². The van der Waals surface area contributed by atoms with Crippen LogP contribution in [0.5, 0.6) is 0 Å². The number of likely N-dealkylation sites (tertiary alicyclic amines) is 1. The van der Waals surface area contributed by atoms with Gasteiger partial charge in [0, 0.05) is 38.5 Å². The summed E-state index contributed by atoms with van der Waals surface area (Å²) < 4.78 is 13.8. The Bertz CT molecular complexity index is 554. The zero-order valence-corrected chi connectivity index (χ0v) is 15.5. The molecule has 0 aromatic carbocycles. The van der Waals surface area contributed by atoms with Gasteiger partial charge in [0.2, 0.25) is 0 Å². The Hall–Kier alpha value is -1.40. The van der Waals surface area contributed by atoms with Crippen molar-refractivity contribution in [1.82, 2.24) is 14.5 Å². The van der Waals surface area contributed by atoms with Gasteiger partial charge >= 0.3 is 0 Å². The minimum absolute atomic E-state index is 0.0960. The molecule has 0 saturated carbocycles. The molecule has 0 unspecified atom stereocenters. The number of aryl methyl sites for hydroxylation is 1. The standard InChI is InChI=1S/C19H31N3O3/c1-3-18-20-9-11-22(18)16-7-6-10-21(13-16)19(23)15(2)25-14-17-8-4-5-12-24-17/h9,11,15-17H,3-8,10,12-14H2,1-2H3/t15-,16+,17+/m0/s1. The SMILES string of the molecule is CCc1nccn1[C@@H]1CCCN(C(=O)[C@H](C)OC[C@H]2CCCCO2)C1. The number of carbonyl (C=O) groups excluding carboxylic acids is 1. The summed E-state index contributed by atoms with van der Waals surface area (Å²) in [6.45, 7) is 6.88. The first-order valence-corrected chi connectivity index (χ1v) is 9.72. The van der Waals surface area contributed by atoms with Crippen molar-refractivity contribution in [3.8, 4) is 0 Å². The molecule has 25 heavy (non-hydrogen) atoms. The van der Waals surface area contributed by atoms with Gasteiger partial charge in [-0.15, -0.1) is 0 Å². The highest BCUT2D eigenvalue weighted by Crippen LogP contribution is 2.24. The molecule has 1 aromatic rings. The van der Waals surface area contributed by atoms with E-state index < -0.39 is 6.10 Å². The van der Waals surface area contributed by atoms with E-state index in [0.717, 1.165) is 57.6 Å². The van der Waals surface area contributed by atoms with Crippen LogP contribution < -0.4 is 0 Å². The second kappa shape index (κ2) is 8.81. The lowest BCUT2D eigenvalue weighted by molar-refractivity contribution is -0.147. The molecule has 6 nitrogen and oxygen atoms in total. The van der Waals surface area contributed by atoms with Crippen molar-refractivity contribution in [3.63, 3.8) is 0 Å². The average Bonchev–Trinajstić information content (AvgIpc) is 3.15. The molecule has 1 amide bonds. The number of carbonyl (C=O) groups is 1. The second-order valence-electron chi connectivity index (χ2n) is 7.15. The van der Waals surface area contributed by atoms with Crippen LogP contribution in [0.4, 0.5) is 0 Å². The molecule has 3 rings (SSSR count). The molecule has 0 aliphatic carbocycles. The second-order valence-corrected chi connectivity index (χ2v) is 7.15. The lowest BCUT2D eigenvalue weighted by Gasteiger charge is -2.35. The van der Waals surface area contributed by atoms with Crippen LogP contribution in [0.15, 0.2) is 12.4 Å². The number of ether oxygens (including phenoxy) is 2. The Morgan fingerprint density at radius 2 is 2.28 bits per heavy atom. The number of hydrogen-bond acceptors (Lipinski definition) is 4. The summed E-state index contributed by atoms with van der Waals surface area (Å²) in [5.41, 5.74) is 0. The molecule has 2 aliphatic rings. The van der Waals surface area contributed by atoms with Gasteiger partial charge in [-0.25, -0.2) is 4.98 Å². The van der Waals surface area contributed by atoms with Crippen LogP contribution in [0.2, 0.25) is 0 Å². The fourth-order valence-corrected chi connectivity index (χ4v) is 3.85. The van der Waals surface area contributed by atoms with Crippen molar-refractivity contribution < 1.29 is 14.3 Å². The normalized spacial score (nSPS) is 25.8. The first-order valence-electron chi connectivity index (χ1n) is 9.72. The Labute approximate surface area is 150 Å². The van der Waals surface area contributed by atoms with Gasteiger partial charge in [-0.05, 0) is 39.0 Å². The van der Waals surface area contributed by atoms with Crippen LogP contribution in [0.25, 0.3) is 0 Å². The summed E-state index contributed by atoms with van der Waals surface area (Å²) in [6.07, 6.45) is 10.0. The molecule has 3 atom stereocenters. The van der Waals surface area contributed by atoms with Crippen molar-refractivity contribution in [1.29, 1.82) is 0 Å². The zero-order chi connectivity index (χ0) is 17.6. The fourth-order valence-electron chi connectivity index (χ4n) is 3.85. The monoisotopic (exact) mass is 349 g/mol. The smallest absolute Gasteiger partial charge is 0.251 e. The highest BCUT2D eigenvalue weighted by atomic mass is 16.5. The van der Waals surface area contributed by atoms with E-state index in [4.69, 9.17) is 9.47 Å². The average molecular weight is 349 g/mol. The molecule has 0 radical (unpaired) electrons. The molecule has 1 aromatic heterocycles. The summed E-state index contributed by atoms with van der Waals surface area (Å²) in [7, 11) is 0. The molecule has 0 spiro atoms. The van der Waals surface area contributed by atoms with E-state index in [1.54, 1.807) is 0 Å². The first-order chi connectivity index (χ1) is 12.2. The first kappa shape index (κ1) is 18.4. The number of imidazole rings is 1. The third-order valence-corrected chi connectivity index (χ3v) is 5.32. The van der Waals surface area contributed by atoms with Gasteiger partial charge < -0.3 is 18.9 Å². The molecule has 2 fully saturated rings. The topological polar surface area (TPSA) is 56.6 Å². The minimum Gasteiger partial charge on any atom is -0.376 e. The van der Waals surface area contributed by atoms with Gasteiger partial charge in [0.05, 0.1) is 18.8 Å². The fraction of sp³-hybridized carbons (Fsp3) is 0.789. The molecular weight excluding hydrogens is 318 g/mol. The van der Waals surface area contributed by atoms with Gasteiger partial charge in [-0.2, -0.15) is 0 Å². The minimum atomic E-state index is -0.405. The molecule has 6 heteroatoms. The maximum atomic E-state index is 12.8. The van der Waals surface area contributed by atoms with Crippen LogP contribution in [0, 0.1) is 0 Å². The van der Waals surface area contributed by atoms with E-state index in [9.17, 15) is 4.79 Å². The van der Waals surface area contributed by atoms with Gasteiger partial charge in [0.25, 0.3) is 5.91 Å². The Balaban J connectivity index is 1.52. The van der Waals surface area contributed by atoms with Crippen molar-refractivity contribution in [3.05, 3.63) is 18.2 Å². The van der Waals surface area contributed by atoms with Gasteiger partial charge in [0.15, 0.2) is 0 Å². The van der Waals surface area contributed by atoms with Gasteiger partial charge in [0.1, 0.15) is 11.9 Å². The molecular formula is C19H31N3O3. The summed E-state index contributed by atoms with van der Waals surface area (Å²) in [5, 5.41) is 0. The number of rotatable bonds is 6. The van der Waals surface area contributed by atoms with E-state index in [1.165, 1.54) is 6.42 Å². The third kappa shape index (κ3) is 4.61. The lowest BCUT2D eigenvalue weighted by atomic mass is 10.0. The predicted molar refractivity (Wildman–Crippen MR) is 95.5 cm³/mol. The molecule has 0 bridgehead atoms. The Kier molecular flexibility index (Phi) is 6.48. The predicted octanol–water partition coefficient (Wildman–Crippen LogP) is 2.58. The van der Waals surface area contributed by atoms with Crippen molar-refractivity contribution >= 4 is 5.91 Å². The highest BCUT2D eigenvalue weighted by molar-refractivity contribution is 5.80. The van der Waals surface area contributed by atoms with Gasteiger partial charge in [-0.1, -0.05) is 6.92 Å². The summed E-state index contributed by atoms with van der Waals surface area (Å²) in [6, 6.07) is 0.323. The van der Waals surface area contributed by atoms with Crippen LogP contribution in [-0.4, -0.2) is 58.9 Å². The highest BCUT2D eigenvalue weighted by Gasteiger charge is 2.29. The number of piperidine rings is 1. The van der Waals surface area contributed by atoms with Crippen LogP contribution in [0.3, 0.4) is 0 Å². The zero-order valence-electron chi connectivity index (χ0n) is 15.5. The lowest BCUT2D eigenvalue weighted by Crippen LogP contribution is -2.46. The molecule has 2 saturated heterocycles.